The molecule has 0 bridgehead atoms. The third kappa shape index (κ3) is 3.36. The number of hydrogen-bond acceptors (Lipinski definition) is 4. The van der Waals surface area contributed by atoms with Gasteiger partial charge in [0.05, 0.1) is 5.70 Å². The van der Waals surface area contributed by atoms with Crippen molar-refractivity contribution >= 4 is 29.4 Å². The van der Waals surface area contributed by atoms with Gasteiger partial charge in [0.1, 0.15) is 5.03 Å². The lowest BCUT2D eigenvalue weighted by molar-refractivity contribution is -0.114. The van der Waals surface area contributed by atoms with E-state index in [0.29, 0.717) is 18.8 Å². The van der Waals surface area contributed by atoms with E-state index in [1.165, 1.54) is 11.3 Å². The summed E-state index contributed by atoms with van der Waals surface area (Å²) in [5.74, 6) is -0.698. The number of para-hydroxylation sites is 1. The third-order valence-corrected chi connectivity index (χ3v) is 4.03. The first-order valence-electron chi connectivity index (χ1n) is 6.80. The maximum atomic E-state index is 11.2. The Bertz CT molecular complexity index is 577. The second kappa shape index (κ2) is 6.63. The number of allylic oxidation sites excluding steroid dienone is 1. The first-order valence-corrected chi connectivity index (χ1v) is 7.18. The van der Waals surface area contributed by atoms with Gasteiger partial charge in [-0.25, -0.2) is 0 Å². The molecule has 0 saturated carbocycles. The van der Waals surface area contributed by atoms with Crippen LogP contribution in [-0.2, 0) is 4.79 Å². The van der Waals surface area contributed by atoms with E-state index < -0.39 is 5.91 Å². The molecule has 1 aliphatic heterocycles. The summed E-state index contributed by atoms with van der Waals surface area (Å²) in [5.41, 5.74) is 8.05. The number of aryl methyl sites for hydroxylation is 1. The molecule has 1 heterocycles. The van der Waals surface area contributed by atoms with Crippen molar-refractivity contribution in [3.8, 4) is 0 Å². The molecule has 1 aromatic carbocycles. The van der Waals surface area contributed by atoms with Crippen molar-refractivity contribution in [2.45, 2.75) is 6.92 Å². The number of anilines is 1. The van der Waals surface area contributed by atoms with Crippen LogP contribution in [0.15, 0.2) is 35.0 Å². The first kappa shape index (κ1) is 15.4. The van der Waals surface area contributed by atoms with Crippen molar-refractivity contribution in [1.29, 1.82) is 5.41 Å². The van der Waals surface area contributed by atoms with Gasteiger partial charge in [0, 0.05) is 38.1 Å². The highest BCUT2D eigenvalue weighted by Crippen LogP contribution is 2.22. The van der Waals surface area contributed by atoms with E-state index in [9.17, 15) is 4.79 Å². The predicted molar refractivity (Wildman–Crippen MR) is 85.8 cm³/mol. The fraction of sp³-hybridized carbons (Fsp3) is 0.333. The lowest BCUT2D eigenvalue weighted by Crippen LogP contribution is -2.46. The summed E-state index contributed by atoms with van der Waals surface area (Å²) in [7, 11) is 0. The minimum absolute atomic E-state index is 0.0747. The highest BCUT2D eigenvalue weighted by Gasteiger charge is 2.22. The molecule has 0 atom stereocenters. The number of benzene rings is 1. The van der Waals surface area contributed by atoms with E-state index in [2.05, 4.69) is 24.0 Å². The Labute approximate surface area is 129 Å². The van der Waals surface area contributed by atoms with Crippen LogP contribution in [0.1, 0.15) is 5.56 Å². The van der Waals surface area contributed by atoms with Gasteiger partial charge in [-0.2, -0.15) is 0 Å². The molecule has 0 unspecified atom stereocenters. The summed E-state index contributed by atoms with van der Waals surface area (Å²) in [6, 6.07) is 8.25. The highest BCUT2D eigenvalue weighted by molar-refractivity contribution is 6.43. The standard InChI is InChI=1S/C15H19ClN4O/c1-11-4-2-3-5-12(11)19-6-8-20(9-7-19)13(10-17)14(16)15(18)21/h2-5,10,17H,6-9H2,1H3,(H2,18,21)/b14-13-,17-10?. The van der Waals surface area contributed by atoms with Gasteiger partial charge >= 0.3 is 0 Å². The Balaban J connectivity index is 2.10. The predicted octanol–water partition coefficient (Wildman–Crippen LogP) is 1.70. The molecule has 6 heteroatoms. The molecule has 1 aromatic rings. The van der Waals surface area contributed by atoms with Gasteiger partial charge in [0.15, 0.2) is 0 Å². The summed E-state index contributed by atoms with van der Waals surface area (Å²) < 4.78 is 0. The Morgan fingerprint density at radius 1 is 1.29 bits per heavy atom. The molecule has 0 aliphatic carbocycles. The second-order valence-electron chi connectivity index (χ2n) is 4.97. The SMILES string of the molecule is Cc1ccccc1N1CCN(/C(C=N)=C(\Cl)C(N)=O)CC1. The van der Waals surface area contributed by atoms with Crippen molar-refractivity contribution in [3.05, 3.63) is 40.6 Å². The Morgan fingerprint density at radius 3 is 2.43 bits per heavy atom. The van der Waals surface area contributed by atoms with Crippen LogP contribution >= 0.6 is 11.6 Å². The average molecular weight is 307 g/mol. The molecule has 5 nitrogen and oxygen atoms in total. The van der Waals surface area contributed by atoms with Crippen LogP contribution in [0.25, 0.3) is 0 Å². The topological polar surface area (TPSA) is 73.4 Å². The van der Waals surface area contributed by atoms with Gasteiger partial charge < -0.3 is 20.9 Å². The Kier molecular flexibility index (Phi) is 4.85. The molecule has 1 aliphatic rings. The fourth-order valence-corrected chi connectivity index (χ4v) is 2.70. The molecule has 1 amide bonds. The van der Waals surface area contributed by atoms with Gasteiger partial charge in [-0.1, -0.05) is 29.8 Å². The number of carbonyl (C=O) groups is 1. The number of rotatable bonds is 4. The van der Waals surface area contributed by atoms with Crippen molar-refractivity contribution in [2.75, 3.05) is 31.1 Å². The molecule has 0 spiro atoms. The molecule has 1 fully saturated rings. The second-order valence-corrected chi connectivity index (χ2v) is 5.35. The zero-order chi connectivity index (χ0) is 15.4. The van der Waals surface area contributed by atoms with Crippen LogP contribution in [0.2, 0.25) is 0 Å². The number of primary amides is 1. The smallest absolute Gasteiger partial charge is 0.262 e. The molecular weight excluding hydrogens is 288 g/mol. The van der Waals surface area contributed by atoms with E-state index in [-0.39, 0.29) is 5.03 Å². The summed E-state index contributed by atoms with van der Waals surface area (Å²) in [6.45, 7) is 5.11. The van der Waals surface area contributed by atoms with Gasteiger partial charge in [-0.3, -0.25) is 4.79 Å². The number of hydrogen-bond donors (Lipinski definition) is 2. The van der Waals surface area contributed by atoms with Crippen molar-refractivity contribution < 1.29 is 4.79 Å². The molecule has 112 valence electrons. The molecule has 1 saturated heterocycles. The van der Waals surface area contributed by atoms with Crippen LogP contribution in [0.3, 0.4) is 0 Å². The molecule has 21 heavy (non-hydrogen) atoms. The van der Waals surface area contributed by atoms with Gasteiger partial charge in [0.25, 0.3) is 5.91 Å². The molecule has 0 aromatic heterocycles. The maximum absolute atomic E-state index is 11.2. The lowest BCUT2D eigenvalue weighted by Gasteiger charge is -2.38. The van der Waals surface area contributed by atoms with Crippen LogP contribution in [0.4, 0.5) is 5.69 Å². The van der Waals surface area contributed by atoms with E-state index >= 15 is 0 Å². The summed E-state index contributed by atoms with van der Waals surface area (Å²) in [5, 5.41) is 7.36. The number of nitrogens with zero attached hydrogens (tertiary/aromatic N) is 2. The van der Waals surface area contributed by atoms with Gasteiger partial charge in [0.2, 0.25) is 0 Å². The molecule has 3 N–H and O–H groups in total. The number of halogens is 1. The van der Waals surface area contributed by atoms with E-state index in [4.69, 9.17) is 22.7 Å². The van der Waals surface area contributed by atoms with Crippen LogP contribution < -0.4 is 10.6 Å². The first-order chi connectivity index (χ1) is 10.0. The van der Waals surface area contributed by atoms with E-state index in [1.54, 1.807) is 0 Å². The number of piperazine rings is 1. The van der Waals surface area contributed by atoms with E-state index in [1.807, 2.05) is 17.0 Å². The third-order valence-electron chi connectivity index (χ3n) is 3.65. The number of nitrogens with one attached hydrogen (secondary N) is 1. The summed E-state index contributed by atoms with van der Waals surface area (Å²) >= 11 is 5.89. The van der Waals surface area contributed by atoms with Crippen molar-refractivity contribution in [3.63, 3.8) is 0 Å². The quantitative estimate of drug-likeness (QED) is 0.657. The minimum Gasteiger partial charge on any atom is -0.368 e. The Morgan fingerprint density at radius 2 is 1.90 bits per heavy atom. The molecule has 2 rings (SSSR count). The van der Waals surface area contributed by atoms with Crippen LogP contribution in [0.5, 0.6) is 0 Å². The van der Waals surface area contributed by atoms with Crippen LogP contribution in [0, 0.1) is 12.3 Å². The van der Waals surface area contributed by atoms with Gasteiger partial charge in [-0.15, -0.1) is 0 Å². The van der Waals surface area contributed by atoms with Crippen molar-refractivity contribution in [2.24, 2.45) is 5.73 Å². The number of carbonyl (C=O) groups excluding carboxylic acids is 1. The largest absolute Gasteiger partial charge is 0.368 e. The average Bonchev–Trinajstić information content (AvgIpc) is 2.49. The minimum atomic E-state index is -0.698. The fourth-order valence-electron chi connectivity index (χ4n) is 2.53. The zero-order valence-electron chi connectivity index (χ0n) is 12.0. The molecular formula is C15H19ClN4O. The number of nitrogens with two attached hydrogens (primary N) is 1. The monoisotopic (exact) mass is 306 g/mol. The highest BCUT2D eigenvalue weighted by atomic mass is 35.5. The lowest BCUT2D eigenvalue weighted by atomic mass is 10.1. The van der Waals surface area contributed by atoms with E-state index in [0.717, 1.165) is 19.3 Å². The summed E-state index contributed by atoms with van der Waals surface area (Å²) in [6.07, 6.45) is 1.09. The van der Waals surface area contributed by atoms with Gasteiger partial charge in [-0.05, 0) is 18.6 Å². The zero-order valence-corrected chi connectivity index (χ0v) is 12.7. The van der Waals surface area contributed by atoms with Crippen LogP contribution in [-0.4, -0.2) is 43.2 Å². The Hall–Kier alpha value is -2.01. The summed E-state index contributed by atoms with van der Waals surface area (Å²) in [4.78, 5) is 15.4. The maximum Gasteiger partial charge on any atom is 0.262 e. The molecule has 0 radical (unpaired) electrons. The number of amides is 1. The normalized spacial score (nSPS) is 16.5. The van der Waals surface area contributed by atoms with Crippen molar-refractivity contribution in [1.82, 2.24) is 4.90 Å².